The van der Waals surface area contributed by atoms with Crippen LogP contribution < -0.4 is 16.0 Å². The van der Waals surface area contributed by atoms with Crippen molar-refractivity contribution in [1.82, 2.24) is 20.6 Å². The van der Waals surface area contributed by atoms with E-state index in [2.05, 4.69) is 25.9 Å². The number of nitrogens with zero attached hydrogens (tertiary/aromatic N) is 2. The molecule has 0 saturated heterocycles. The second kappa shape index (κ2) is 7.36. The SMILES string of the molecule is CCNC(=O)CNC(=O)CNc1nc(C)nc2sc(C)c(C)c12. The zero-order valence-electron chi connectivity index (χ0n) is 13.7. The summed E-state index contributed by atoms with van der Waals surface area (Å²) in [5.41, 5.74) is 1.12. The first-order chi connectivity index (χ1) is 10.9. The highest BCUT2D eigenvalue weighted by Crippen LogP contribution is 2.32. The molecule has 2 amide bonds. The molecule has 0 spiro atoms. The Bertz CT molecular complexity index is 741. The quantitative estimate of drug-likeness (QED) is 0.739. The summed E-state index contributed by atoms with van der Waals surface area (Å²) in [6.45, 7) is 8.29. The predicted octanol–water partition coefficient (Wildman–Crippen LogP) is 1.28. The van der Waals surface area contributed by atoms with E-state index < -0.39 is 0 Å². The van der Waals surface area contributed by atoms with Gasteiger partial charge in [-0.05, 0) is 33.3 Å². The van der Waals surface area contributed by atoms with E-state index in [1.54, 1.807) is 11.3 Å². The maximum Gasteiger partial charge on any atom is 0.239 e. The first kappa shape index (κ1) is 17.1. The highest BCUT2D eigenvalue weighted by molar-refractivity contribution is 7.18. The average molecular weight is 335 g/mol. The smallest absolute Gasteiger partial charge is 0.239 e. The lowest BCUT2D eigenvalue weighted by atomic mass is 10.2. The number of aromatic nitrogens is 2. The molecule has 0 aliphatic rings. The van der Waals surface area contributed by atoms with E-state index >= 15 is 0 Å². The Kier molecular flexibility index (Phi) is 5.49. The molecule has 0 saturated carbocycles. The molecule has 0 aliphatic heterocycles. The van der Waals surface area contributed by atoms with E-state index in [9.17, 15) is 9.59 Å². The van der Waals surface area contributed by atoms with E-state index in [1.165, 1.54) is 4.88 Å². The van der Waals surface area contributed by atoms with Gasteiger partial charge in [-0.2, -0.15) is 0 Å². The van der Waals surface area contributed by atoms with Gasteiger partial charge in [0.25, 0.3) is 0 Å². The van der Waals surface area contributed by atoms with Gasteiger partial charge in [0.15, 0.2) is 0 Å². The second-order valence-corrected chi connectivity index (χ2v) is 6.37. The maximum absolute atomic E-state index is 11.8. The zero-order valence-corrected chi connectivity index (χ0v) is 14.6. The van der Waals surface area contributed by atoms with Crippen LogP contribution in [0.5, 0.6) is 0 Å². The van der Waals surface area contributed by atoms with Crippen LogP contribution in [0, 0.1) is 20.8 Å². The van der Waals surface area contributed by atoms with Gasteiger partial charge in [-0.25, -0.2) is 9.97 Å². The summed E-state index contributed by atoms with van der Waals surface area (Å²) in [6, 6.07) is 0. The average Bonchev–Trinajstić information content (AvgIpc) is 2.77. The number of amides is 2. The molecule has 0 aromatic carbocycles. The van der Waals surface area contributed by atoms with Crippen molar-refractivity contribution < 1.29 is 9.59 Å². The summed E-state index contributed by atoms with van der Waals surface area (Å²) in [5.74, 6) is 0.849. The molecule has 23 heavy (non-hydrogen) atoms. The fourth-order valence-electron chi connectivity index (χ4n) is 2.15. The number of rotatable bonds is 6. The number of hydrogen-bond donors (Lipinski definition) is 3. The Morgan fingerprint density at radius 1 is 1.04 bits per heavy atom. The lowest BCUT2D eigenvalue weighted by molar-refractivity contribution is -0.125. The number of fused-ring (bicyclic) bond motifs is 1. The van der Waals surface area contributed by atoms with Gasteiger partial charge in [-0.3, -0.25) is 9.59 Å². The highest BCUT2D eigenvalue weighted by atomic mass is 32.1. The van der Waals surface area contributed by atoms with Gasteiger partial charge in [-0.1, -0.05) is 0 Å². The third-order valence-electron chi connectivity index (χ3n) is 3.38. The van der Waals surface area contributed by atoms with E-state index in [-0.39, 0.29) is 24.9 Å². The van der Waals surface area contributed by atoms with Gasteiger partial charge in [0.1, 0.15) is 16.5 Å². The van der Waals surface area contributed by atoms with Crippen molar-refractivity contribution in [2.24, 2.45) is 0 Å². The molecule has 0 radical (unpaired) electrons. The van der Waals surface area contributed by atoms with Gasteiger partial charge in [0, 0.05) is 11.4 Å². The molecule has 124 valence electrons. The molecular formula is C15H21N5O2S. The standard InChI is InChI=1S/C15H21N5O2S/c1-5-16-11(21)6-17-12(22)7-18-14-13-8(2)9(3)23-15(13)20-10(4)19-14/h5-7H2,1-4H3,(H,16,21)(H,17,22)(H,18,19,20). The molecule has 2 aromatic heterocycles. The Hall–Kier alpha value is -2.22. The summed E-state index contributed by atoms with van der Waals surface area (Å²) in [6.07, 6.45) is 0. The van der Waals surface area contributed by atoms with Crippen LogP contribution >= 0.6 is 11.3 Å². The lowest BCUT2D eigenvalue weighted by Crippen LogP contribution is -2.39. The largest absolute Gasteiger partial charge is 0.360 e. The van der Waals surface area contributed by atoms with Gasteiger partial charge < -0.3 is 16.0 Å². The number of nitrogens with one attached hydrogen (secondary N) is 3. The van der Waals surface area contributed by atoms with Crippen molar-refractivity contribution in [2.75, 3.05) is 25.0 Å². The molecule has 0 atom stereocenters. The van der Waals surface area contributed by atoms with Crippen molar-refractivity contribution in [3.63, 3.8) is 0 Å². The second-order valence-electron chi connectivity index (χ2n) is 5.17. The van der Waals surface area contributed by atoms with Crippen LogP contribution in [0.2, 0.25) is 0 Å². The summed E-state index contributed by atoms with van der Waals surface area (Å²) >= 11 is 1.62. The van der Waals surface area contributed by atoms with E-state index in [0.717, 1.165) is 15.8 Å². The molecular weight excluding hydrogens is 314 g/mol. The van der Waals surface area contributed by atoms with E-state index in [0.29, 0.717) is 18.2 Å². The number of aryl methyl sites for hydroxylation is 3. The molecule has 0 unspecified atom stereocenters. The first-order valence-corrected chi connectivity index (χ1v) is 8.25. The Morgan fingerprint density at radius 3 is 2.43 bits per heavy atom. The van der Waals surface area contributed by atoms with E-state index in [1.807, 2.05) is 27.7 Å². The minimum absolute atomic E-state index is 0.0247. The Morgan fingerprint density at radius 2 is 1.74 bits per heavy atom. The van der Waals surface area contributed by atoms with Crippen molar-refractivity contribution in [2.45, 2.75) is 27.7 Å². The number of hydrogen-bond acceptors (Lipinski definition) is 6. The molecule has 0 fully saturated rings. The molecule has 3 N–H and O–H groups in total. The van der Waals surface area contributed by atoms with Crippen LogP contribution in [0.25, 0.3) is 10.2 Å². The van der Waals surface area contributed by atoms with Crippen molar-refractivity contribution in [3.8, 4) is 0 Å². The number of anilines is 1. The minimum Gasteiger partial charge on any atom is -0.360 e. The van der Waals surface area contributed by atoms with Crippen molar-refractivity contribution in [3.05, 3.63) is 16.3 Å². The van der Waals surface area contributed by atoms with Crippen LogP contribution in [0.3, 0.4) is 0 Å². The minimum atomic E-state index is -0.259. The normalized spacial score (nSPS) is 10.6. The number of carbonyl (C=O) groups excluding carboxylic acids is 2. The number of carbonyl (C=O) groups is 2. The predicted molar refractivity (Wildman–Crippen MR) is 91.8 cm³/mol. The fourth-order valence-corrected chi connectivity index (χ4v) is 3.22. The van der Waals surface area contributed by atoms with Crippen LogP contribution in [-0.2, 0) is 9.59 Å². The summed E-state index contributed by atoms with van der Waals surface area (Å²) in [5, 5.41) is 9.19. The Balaban J connectivity index is 2.04. The highest BCUT2D eigenvalue weighted by Gasteiger charge is 2.14. The third-order valence-corrected chi connectivity index (χ3v) is 4.48. The maximum atomic E-state index is 11.8. The third kappa shape index (κ3) is 4.16. The van der Waals surface area contributed by atoms with Gasteiger partial charge in [0.2, 0.25) is 11.8 Å². The van der Waals surface area contributed by atoms with Crippen LogP contribution in [0.4, 0.5) is 5.82 Å². The molecule has 2 aromatic rings. The Labute approximate surface area is 138 Å². The molecule has 7 nitrogen and oxygen atoms in total. The monoisotopic (exact) mass is 335 g/mol. The molecule has 0 bridgehead atoms. The molecule has 2 heterocycles. The zero-order chi connectivity index (χ0) is 17.0. The topological polar surface area (TPSA) is 96.0 Å². The molecule has 2 rings (SSSR count). The molecule has 8 heteroatoms. The fraction of sp³-hybridized carbons (Fsp3) is 0.467. The summed E-state index contributed by atoms with van der Waals surface area (Å²) < 4.78 is 0. The number of thiophene rings is 1. The molecule has 0 aliphatic carbocycles. The summed E-state index contributed by atoms with van der Waals surface area (Å²) in [7, 11) is 0. The van der Waals surface area contributed by atoms with E-state index in [4.69, 9.17) is 0 Å². The van der Waals surface area contributed by atoms with Gasteiger partial charge in [0.05, 0.1) is 18.5 Å². The van der Waals surface area contributed by atoms with Crippen molar-refractivity contribution in [1.29, 1.82) is 0 Å². The van der Waals surface area contributed by atoms with Crippen molar-refractivity contribution >= 4 is 39.2 Å². The first-order valence-electron chi connectivity index (χ1n) is 7.44. The van der Waals surface area contributed by atoms with Crippen LogP contribution in [0.1, 0.15) is 23.2 Å². The summed E-state index contributed by atoms with van der Waals surface area (Å²) in [4.78, 5) is 34.1. The number of likely N-dealkylation sites (N-methyl/N-ethyl adjacent to an activating group) is 1. The van der Waals surface area contributed by atoms with Gasteiger partial charge >= 0.3 is 0 Å². The van der Waals surface area contributed by atoms with Crippen LogP contribution in [0.15, 0.2) is 0 Å². The lowest BCUT2D eigenvalue weighted by Gasteiger charge is -2.09. The van der Waals surface area contributed by atoms with Gasteiger partial charge in [-0.15, -0.1) is 11.3 Å². The van der Waals surface area contributed by atoms with Crippen LogP contribution in [-0.4, -0.2) is 41.4 Å².